The Kier molecular flexibility index (Phi) is 4.94. The molecule has 0 bridgehead atoms. The van der Waals surface area contributed by atoms with E-state index in [0.717, 1.165) is 36.8 Å². The van der Waals surface area contributed by atoms with Gasteiger partial charge in [0.1, 0.15) is 17.2 Å². The molecule has 2 aromatic carbocycles. The number of thiazole rings is 1. The Morgan fingerprint density at radius 1 is 1.03 bits per heavy atom. The molecule has 9 heteroatoms. The first kappa shape index (κ1) is 18.5. The van der Waals surface area contributed by atoms with Crippen LogP contribution >= 0.6 is 34.9 Å². The molecule has 0 aliphatic rings. The number of nitrogens with zero attached hydrogens (tertiary/aromatic N) is 6. The van der Waals surface area contributed by atoms with Gasteiger partial charge in [0.2, 0.25) is 0 Å². The Morgan fingerprint density at radius 2 is 1.93 bits per heavy atom. The second-order valence-corrected chi connectivity index (χ2v) is 9.70. The van der Waals surface area contributed by atoms with Gasteiger partial charge < -0.3 is 4.57 Å². The molecule has 0 radical (unpaired) electrons. The van der Waals surface area contributed by atoms with Crippen LogP contribution in [0, 0.1) is 6.92 Å². The van der Waals surface area contributed by atoms with Crippen LogP contribution in [0.2, 0.25) is 0 Å². The van der Waals surface area contributed by atoms with Crippen molar-refractivity contribution in [3.63, 3.8) is 0 Å². The third-order valence-corrected chi connectivity index (χ3v) is 7.70. The monoisotopic (exact) mass is 436 g/mol. The van der Waals surface area contributed by atoms with Crippen LogP contribution < -0.4 is 0 Å². The molecule has 0 atom stereocenters. The number of thioether (sulfide) groups is 1. The van der Waals surface area contributed by atoms with Gasteiger partial charge in [-0.15, -0.1) is 21.5 Å². The molecule has 0 spiro atoms. The average molecular weight is 437 g/mol. The van der Waals surface area contributed by atoms with Crippen LogP contribution in [0.5, 0.6) is 0 Å². The highest BCUT2D eigenvalue weighted by atomic mass is 32.2. The van der Waals surface area contributed by atoms with E-state index in [9.17, 15) is 0 Å². The van der Waals surface area contributed by atoms with E-state index in [1.54, 1.807) is 29.4 Å². The van der Waals surface area contributed by atoms with Gasteiger partial charge in [-0.05, 0) is 43.0 Å². The smallest absolute Gasteiger partial charge is 0.197 e. The maximum Gasteiger partial charge on any atom is 0.197 e. The number of fused-ring (bicyclic) bond motifs is 2. The molecule has 5 aromatic rings. The highest BCUT2D eigenvalue weighted by molar-refractivity contribution is 8.00. The summed E-state index contributed by atoms with van der Waals surface area (Å²) in [4.78, 5) is 13.5. The first-order valence-corrected chi connectivity index (χ1v) is 11.5. The van der Waals surface area contributed by atoms with Crippen molar-refractivity contribution in [3.05, 3.63) is 60.2 Å². The van der Waals surface area contributed by atoms with Crippen molar-refractivity contribution >= 4 is 56.0 Å². The van der Waals surface area contributed by atoms with Crippen LogP contribution in [0.4, 0.5) is 0 Å². The first-order chi connectivity index (χ1) is 14.2. The molecule has 0 fully saturated rings. The lowest BCUT2D eigenvalue weighted by Gasteiger charge is -2.06. The lowest BCUT2D eigenvalue weighted by atomic mass is 10.2. The molecule has 0 N–H and O–H groups in total. The summed E-state index contributed by atoms with van der Waals surface area (Å²) in [5.41, 5.74) is 3.15. The van der Waals surface area contributed by atoms with Crippen LogP contribution in [0.15, 0.2) is 63.3 Å². The average Bonchev–Trinajstić information content (AvgIpc) is 3.30. The van der Waals surface area contributed by atoms with Gasteiger partial charge in [0.15, 0.2) is 9.50 Å². The van der Waals surface area contributed by atoms with Crippen molar-refractivity contribution in [2.24, 2.45) is 7.05 Å². The fourth-order valence-corrected chi connectivity index (χ4v) is 5.83. The summed E-state index contributed by atoms with van der Waals surface area (Å²) >= 11 is 4.91. The predicted molar refractivity (Wildman–Crippen MR) is 119 cm³/mol. The molecule has 144 valence electrons. The highest BCUT2D eigenvalue weighted by Gasteiger charge is 2.14. The predicted octanol–water partition coefficient (Wildman–Crippen LogP) is 5.12. The minimum Gasteiger partial charge on any atom is -0.308 e. The Bertz CT molecular complexity index is 1290. The lowest BCUT2D eigenvalue weighted by Crippen LogP contribution is -1.98. The molecule has 0 aliphatic heterocycles. The third kappa shape index (κ3) is 3.73. The summed E-state index contributed by atoms with van der Waals surface area (Å²) in [6.07, 6.45) is 1.60. The summed E-state index contributed by atoms with van der Waals surface area (Å²) in [6.45, 7) is 2.07. The normalized spacial score (nSPS) is 11.5. The third-order valence-electron chi connectivity index (χ3n) is 4.47. The van der Waals surface area contributed by atoms with E-state index >= 15 is 0 Å². The number of rotatable bonds is 5. The van der Waals surface area contributed by atoms with Crippen LogP contribution in [0.25, 0.3) is 21.1 Å². The SMILES string of the molecule is Cc1ccc2ncnc(Sc3nnc(CSc4nc5ccccc5s4)n3C)c2c1. The van der Waals surface area contributed by atoms with Crippen LogP contribution in [-0.2, 0) is 12.8 Å². The minimum atomic E-state index is 0.716. The van der Waals surface area contributed by atoms with Crippen LogP contribution in [0.1, 0.15) is 11.4 Å². The minimum absolute atomic E-state index is 0.716. The fraction of sp³-hybridized carbons (Fsp3) is 0.150. The van der Waals surface area contributed by atoms with E-state index in [4.69, 9.17) is 0 Å². The summed E-state index contributed by atoms with van der Waals surface area (Å²) in [5, 5.41) is 11.5. The number of benzene rings is 2. The fourth-order valence-electron chi connectivity index (χ4n) is 2.91. The number of para-hydroxylation sites is 1. The van der Waals surface area contributed by atoms with E-state index in [1.807, 2.05) is 35.9 Å². The summed E-state index contributed by atoms with van der Waals surface area (Å²) < 4.78 is 4.27. The van der Waals surface area contributed by atoms with Gasteiger partial charge in [0.25, 0.3) is 0 Å². The summed E-state index contributed by atoms with van der Waals surface area (Å²) in [7, 11) is 1.99. The second kappa shape index (κ2) is 7.74. The molecule has 29 heavy (non-hydrogen) atoms. The Labute approximate surface area is 179 Å². The molecule has 5 rings (SSSR count). The maximum atomic E-state index is 4.68. The highest BCUT2D eigenvalue weighted by Crippen LogP contribution is 2.33. The van der Waals surface area contributed by atoms with Gasteiger partial charge in [-0.25, -0.2) is 15.0 Å². The Hall–Kier alpha value is -2.49. The van der Waals surface area contributed by atoms with E-state index in [0.29, 0.717) is 5.75 Å². The van der Waals surface area contributed by atoms with Gasteiger partial charge in [-0.1, -0.05) is 35.5 Å². The van der Waals surface area contributed by atoms with Crippen LogP contribution in [0.3, 0.4) is 0 Å². The van der Waals surface area contributed by atoms with Gasteiger partial charge in [-0.2, -0.15) is 0 Å². The molecule has 0 aliphatic carbocycles. The number of aromatic nitrogens is 6. The number of aryl methyl sites for hydroxylation is 1. The molecule has 6 nitrogen and oxygen atoms in total. The van der Waals surface area contributed by atoms with Gasteiger partial charge >= 0.3 is 0 Å². The van der Waals surface area contributed by atoms with Crippen LogP contribution in [-0.4, -0.2) is 29.7 Å². The topological polar surface area (TPSA) is 69.4 Å². The molecule has 0 saturated heterocycles. The number of hydrogen-bond donors (Lipinski definition) is 0. The summed E-state index contributed by atoms with van der Waals surface area (Å²) in [5.74, 6) is 1.62. The molecular weight excluding hydrogens is 420 g/mol. The quantitative estimate of drug-likeness (QED) is 0.280. The second-order valence-electron chi connectivity index (χ2n) is 6.50. The Balaban J connectivity index is 1.36. The van der Waals surface area contributed by atoms with E-state index in [2.05, 4.69) is 50.3 Å². The molecule has 3 aromatic heterocycles. The molecule has 0 amide bonds. The zero-order chi connectivity index (χ0) is 19.8. The van der Waals surface area contributed by atoms with Crippen molar-refractivity contribution in [1.29, 1.82) is 0 Å². The van der Waals surface area contributed by atoms with Crippen molar-refractivity contribution in [3.8, 4) is 0 Å². The van der Waals surface area contributed by atoms with Gasteiger partial charge in [-0.3, -0.25) is 0 Å². The lowest BCUT2D eigenvalue weighted by molar-refractivity contribution is 0.761. The van der Waals surface area contributed by atoms with Gasteiger partial charge in [0, 0.05) is 12.4 Å². The standard InChI is InChI=1S/C20H16N6S3/c1-12-7-8-14-13(9-12)18(22-11-21-14)29-19-25-24-17(26(19)2)10-27-20-23-15-5-3-4-6-16(15)28-20/h3-9,11H,10H2,1-2H3. The zero-order valence-electron chi connectivity index (χ0n) is 15.7. The van der Waals surface area contributed by atoms with Gasteiger partial charge in [0.05, 0.1) is 21.5 Å². The molecule has 0 unspecified atom stereocenters. The van der Waals surface area contributed by atoms with Crippen molar-refractivity contribution in [2.75, 3.05) is 0 Å². The molecular formula is C20H16N6S3. The van der Waals surface area contributed by atoms with Crippen molar-refractivity contribution in [1.82, 2.24) is 29.7 Å². The van der Waals surface area contributed by atoms with E-state index < -0.39 is 0 Å². The first-order valence-electron chi connectivity index (χ1n) is 8.93. The molecule has 3 heterocycles. The zero-order valence-corrected chi connectivity index (χ0v) is 18.2. The van der Waals surface area contributed by atoms with Crippen molar-refractivity contribution < 1.29 is 0 Å². The number of hydrogen-bond acceptors (Lipinski definition) is 8. The largest absolute Gasteiger partial charge is 0.308 e. The molecule has 0 saturated carbocycles. The van der Waals surface area contributed by atoms with Crippen molar-refractivity contribution in [2.45, 2.75) is 27.2 Å². The summed E-state index contributed by atoms with van der Waals surface area (Å²) in [6, 6.07) is 14.4. The van der Waals surface area contributed by atoms with E-state index in [1.165, 1.54) is 22.0 Å². The van der Waals surface area contributed by atoms with E-state index in [-0.39, 0.29) is 0 Å². The maximum absolute atomic E-state index is 4.68. The Morgan fingerprint density at radius 3 is 2.83 bits per heavy atom.